The Morgan fingerprint density at radius 1 is 1.19 bits per heavy atom. The summed E-state index contributed by atoms with van der Waals surface area (Å²) in [5.41, 5.74) is 5.67. The Bertz CT molecular complexity index is 335. The van der Waals surface area contributed by atoms with E-state index in [1.807, 2.05) is 34.6 Å². The minimum Gasteiger partial charge on any atom is -0.481 e. The maximum absolute atomic E-state index is 12.2. The van der Waals surface area contributed by atoms with Gasteiger partial charge in [0, 0.05) is 18.0 Å². The molecule has 0 heterocycles. The van der Waals surface area contributed by atoms with E-state index in [4.69, 9.17) is 10.8 Å². The number of carbonyl (C=O) groups is 2. The lowest BCUT2D eigenvalue weighted by molar-refractivity contribution is -0.138. The zero-order valence-corrected chi connectivity index (χ0v) is 14.1. The molecule has 0 radical (unpaired) electrons. The number of carboxylic acids is 1. The fourth-order valence-corrected chi connectivity index (χ4v) is 2.34. The summed E-state index contributed by atoms with van der Waals surface area (Å²) in [5, 5.41) is 11.9. The number of aliphatic carboxylic acids is 1. The third-order valence-electron chi connectivity index (χ3n) is 3.37. The number of rotatable bonds is 9. The summed E-state index contributed by atoms with van der Waals surface area (Å²) in [5.74, 6) is -1.05. The summed E-state index contributed by atoms with van der Waals surface area (Å²) >= 11 is 0. The molecular formula is C16H32N2O3. The largest absolute Gasteiger partial charge is 0.481 e. The van der Waals surface area contributed by atoms with Crippen molar-refractivity contribution < 1.29 is 14.7 Å². The van der Waals surface area contributed by atoms with Gasteiger partial charge in [0.15, 0.2) is 0 Å². The van der Waals surface area contributed by atoms with E-state index in [0.717, 1.165) is 19.3 Å². The van der Waals surface area contributed by atoms with E-state index < -0.39 is 5.97 Å². The predicted molar refractivity (Wildman–Crippen MR) is 84.9 cm³/mol. The van der Waals surface area contributed by atoms with Crippen LogP contribution in [0, 0.1) is 11.3 Å². The second-order valence-corrected chi connectivity index (χ2v) is 7.38. The van der Waals surface area contributed by atoms with Gasteiger partial charge in [-0.2, -0.15) is 0 Å². The molecule has 3 atom stereocenters. The van der Waals surface area contributed by atoms with Crippen molar-refractivity contribution in [3.05, 3.63) is 0 Å². The number of hydrogen-bond donors (Lipinski definition) is 3. The van der Waals surface area contributed by atoms with Crippen LogP contribution >= 0.6 is 0 Å². The second-order valence-electron chi connectivity index (χ2n) is 7.38. The molecule has 124 valence electrons. The third kappa shape index (κ3) is 11.3. The number of nitrogens with one attached hydrogen (secondary N) is 1. The van der Waals surface area contributed by atoms with Crippen LogP contribution in [0.1, 0.15) is 66.7 Å². The van der Waals surface area contributed by atoms with E-state index >= 15 is 0 Å². The van der Waals surface area contributed by atoms with Gasteiger partial charge < -0.3 is 16.2 Å². The van der Waals surface area contributed by atoms with Gasteiger partial charge in [-0.1, -0.05) is 34.1 Å². The van der Waals surface area contributed by atoms with Crippen LogP contribution in [0.5, 0.6) is 0 Å². The van der Waals surface area contributed by atoms with E-state index in [-0.39, 0.29) is 35.7 Å². The summed E-state index contributed by atoms with van der Waals surface area (Å²) in [6.07, 6.45) is 3.21. The molecule has 0 spiro atoms. The zero-order valence-electron chi connectivity index (χ0n) is 14.1. The molecule has 0 fully saturated rings. The highest BCUT2D eigenvalue weighted by Crippen LogP contribution is 2.22. The summed E-state index contributed by atoms with van der Waals surface area (Å²) in [6.45, 7) is 9.96. The van der Waals surface area contributed by atoms with E-state index in [1.165, 1.54) is 0 Å². The number of hydrogen-bond acceptors (Lipinski definition) is 3. The van der Waals surface area contributed by atoms with Gasteiger partial charge in [0.2, 0.25) is 5.91 Å². The van der Waals surface area contributed by atoms with Crippen LogP contribution < -0.4 is 11.1 Å². The lowest BCUT2D eigenvalue weighted by Crippen LogP contribution is -2.41. The number of carbonyl (C=O) groups excluding carboxylic acids is 1. The molecule has 3 unspecified atom stereocenters. The van der Waals surface area contributed by atoms with Crippen molar-refractivity contribution in [1.29, 1.82) is 0 Å². The van der Waals surface area contributed by atoms with Crippen LogP contribution in [0.2, 0.25) is 0 Å². The highest BCUT2D eigenvalue weighted by Gasteiger charge is 2.24. The van der Waals surface area contributed by atoms with Crippen LogP contribution in [-0.2, 0) is 9.59 Å². The molecule has 0 bridgehead atoms. The molecule has 5 nitrogen and oxygen atoms in total. The van der Waals surface area contributed by atoms with Crippen molar-refractivity contribution in [2.24, 2.45) is 17.1 Å². The summed E-state index contributed by atoms with van der Waals surface area (Å²) < 4.78 is 0. The van der Waals surface area contributed by atoms with Crippen LogP contribution in [0.25, 0.3) is 0 Å². The van der Waals surface area contributed by atoms with Crippen molar-refractivity contribution in [3.63, 3.8) is 0 Å². The van der Waals surface area contributed by atoms with Gasteiger partial charge in [-0.3, -0.25) is 9.59 Å². The van der Waals surface area contributed by atoms with Crippen LogP contribution in [0.4, 0.5) is 0 Å². The number of nitrogens with two attached hydrogens (primary N) is 1. The van der Waals surface area contributed by atoms with Gasteiger partial charge in [-0.15, -0.1) is 0 Å². The number of carboxylic acid groups (broad SMARTS) is 1. The Kier molecular flexibility index (Phi) is 8.55. The van der Waals surface area contributed by atoms with E-state index in [9.17, 15) is 9.59 Å². The van der Waals surface area contributed by atoms with Crippen molar-refractivity contribution in [3.8, 4) is 0 Å². The molecule has 0 aromatic rings. The first-order chi connectivity index (χ1) is 9.51. The lowest BCUT2D eigenvalue weighted by atomic mass is 9.86. The highest BCUT2D eigenvalue weighted by molar-refractivity contribution is 5.79. The maximum Gasteiger partial charge on any atom is 0.305 e. The molecule has 21 heavy (non-hydrogen) atoms. The molecule has 0 rings (SSSR count). The Labute approximate surface area is 128 Å². The Balaban J connectivity index is 4.40. The van der Waals surface area contributed by atoms with E-state index in [0.29, 0.717) is 6.42 Å². The van der Waals surface area contributed by atoms with Gasteiger partial charge in [0.05, 0.1) is 6.42 Å². The first-order valence-electron chi connectivity index (χ1n) is 7.79. The minimum atomic E-state index is -0.880. The molecule has 4 N–H and O–H groups in total. The molecule has 0 aliphatic carbocycles. The molecule has 0 aliphatic rings. The van der Waals surface area contributed by atoms with Gasteiger partial charge in [0.1, 0.15) is 0 Å². The lowest BCUT2D eigenvalue weighted by Gasteiger charge is -2.27. The van der Waals surface area contributed by atoms with Gasteiger partial charge in [-0.25, -0.2) is 0 Å². The average molecular weight is 300 g/mol. The molecule has 0 saturated carbocycles. The Morgan fingerprint density at radius 3 is 2.19 bits per heavy atom. The molecule has 0 aliphatic heterocycles. The smallest absolute Gasteiger partial charge is 0.305 e. The molecule has 0 aromatic carbocycles. The van der Waals surface area contributed by atoms with Crippen LogP contribution in [0.15, 0.2) is 0 Å². The fourth-order valence-electron chi connectivity index (χ4n) is 2.34. The molecule has 5 heteroatoms. The number of amides is 1. The standard InChI is InChI=1S/C16H32N2O3/c1-11(7-6-8-12(2)17)15(21)18-13(9-14(19)20)10-16(3,4)5/h11-13H,6-10,17H2,1-5H3,(H,18,21)(H,19,20). The van der Waals surface area contributed by atoms with E-state index in [1.54, 1.807) is 0 Å². The highest BCUT2D eigenvalue weighted by atomic mass is 16.4. The summed E-state index contributed by atoms with van der Waals surface area (Å²) in [6, 6.07) is -0.160. The molecule has 1 amide bonds. The topological polar surface area (TPSA) is 92.4 Å². The minimum absolute atomic E-state index is 0.0222. The van der Waals surface area contributed by atoms with Crippen molar-refractivity contribution in [2.75, 3.05) is 0 Å². The Morgan fingerprint density at radius 2 is 1.76 bits per heavy atom. The summed E-state index contributed by atoms with van der Waals surface area (Å²) in [4.78, 5) is 23.1. The van der Waals surface area contributed by atoms with Gasteiger partial charge in [-0.05, 0) is 31.6 Å². The van der Waals surface area contributed by atoms with E-state index in [2.05, 4.69) is 5.32 Å². The predicted octanol–water partition coefficient (Wildman–Crippen LogP) is 2.54. The van der Waals surface area contributed by atoms with Crippen molar-refractivity contribution >= 4 is 11.9 Å². The fraction of sp³-hybridized carbons (Fsp3) is 0.875. The first-order valence-corrected chi connectivity index (χ1v) is 7.79. The second kappa shape index (κ2) is 9.03. The zero-order chi connectivity index (χ0) is 16.6. The molecular weight excluding hydrogens is 268 g/mol. The maximum atomic E-state index is 12.2. The van der Waals surface area contributed by atoms with Crippen LogP contribution in [0.3, 0.4) is 0 Å². The molecule has 0 saturated heterocycles. The third-order valence-corrected chi connectivity index (χ3v) is 3.37. The average Bonchev–Trinajstić information content (AvgIpc) is 2.24. The van der Waals surface area contributed by atoms with Gasteiger partial charge >= 0.3 is 5.97 Å². The SMILES string of the molecule is CC(N)CCCC(C)C(=O)NC(CC(=O)O)CC(C)(C)C. The molecule has 0 aromatic heterocycles. The van der Waals surface area contributed by atoms with Crippen molar-refractivity contribution in [2.45, 2.75) is 78.8 Å². The Hall–Kier alpha value is -1.10. The normalized spacial score (nSPS) is 16.1. The quantitative estimate of drug-likeness (QED) is 0.610. The monoisotopic (exact) mass is 300 g/mol. The van der Waals surface area contributed by atoms with Gasteiger partial charge in [0.25, 0.3) is 0 Å². The first kappa shape index (κ1) is 19.9. The van der Waals surface area contributed by atoms with Crippen molar-refractivity contribution in [1.82, 2.24) is 5.32 Å². The summed E-state index contributed by atoms with van der Waals surface area (Å²) in [7, 11) is 0. The van der Waals surface area contributed by atoms with Crippen LogP contribution in [-0.4, -0.2) is 29.1 Å².